The Labute approximate surface area is 132 Å². The molecule has 0 aliphatic carbocycles. The SMILES string of the molecule is CC(C)n1ncc(Br)c1C(=O)c1cccc2c1CCNC2. The predicted molar refractivity (Wildman–Crippen MR) is 85.6 cm³/mol. The first-order valence-corrected chi connectivity index (χ1v) is 7.98. The third kappa shape index (κ3) is 2.56. The van der Waals surface area contributed by atoms with Gasteiger partial charge in [0.1, 0.15) is 5.69 Å². The maximum atomic E-state index is 13.0. The van der Waals surface area contributed by atoms with Gasteiger partial charge in [0.05, 0.1) is 10.7 Å². The highest BCUT2D eigenvalue weighted by molar-refractivity contribution is 9.10. The Kier molecular flexibility index (Phi) is 3.95. The number of nitrogens with zero attached hydrogens (tertiary/aromatic N) is 2. The van der Waals surface area contributed by atoms with Gasteiger partial charge in [0.2, 0.25) is 5.78 Å². The van der Waals surface area contributed by atoms with Gasteiger partial charge in [-0.15, -0.1) is 0 Å². The summed E-state index contributed by atoms with van der Waals surface area (Å²) in [5.41, 5.74) is 3.83. The molecule has 3 rings (SSSR count). The van der Waals surface area contributed by atoms with E-state index in [4.69, 9.17) is 0 Å². The Morgan fingerprint density at radius 2 is 2.24 bits per heavy atom. The number of rotatable bonds is 3. The number of ketones is 1. The van der Waals surface area contributed by atoms with Gasteiger partial charge in [-0.3, -0.25) is 9.48 Å². The minimum absolute atomic E-state index is 0.0480. The van der Waals surface area contributed by atoms with Crippen molar-refractivity contribution in [2.75, 3.05) is 6.54 Å². The summed E-state index contributed by atoms with van der Waals surface area (Å²) in [5, 5.41) is 7.66. The number of carbonyl (C=O) groups excluding carboxylic acids is 1. The summed E-state index contributed by atoms with van der Waals surface area (Å²) >= 11 is 3.46. The normalized spacial score (nSPS) is 14.3. The van der Waals surface area contributed by atoms with Crippen molar-refractivity contribution in [2.24, 2.45) is 0 Å². The van der Waals surface area contributed by atoms with Crippen LogP contribution in [0, 0.1) is 0 Å². The molecule has 0 unspecified atom stereocenters. The van der Waals surface area contributed by atoms with Gasteiger partial charge in [-0.2, -0.15) is 5.10 Å². The number of aromatic nitrogens is 2. The van der Waals surface area contributed by atoms with Crippen molar-refractivity contribution in [1.82, 2.24) is 15.1 Å². The van der Waals surface area contributed by atoms with Crippen molar-refractivity contribution in [1.29, 1.82) is 0 Å². The van der Waals surface area contributed by atoms with Crippen LogP contribution in [0.15, 0.2) is 28.9 Å². The van der Waals surface area contributed by atoms with Gasteiger partial charge < -0.3 is 5.32 Å². The maximum absolute atomic E-state index is 13.0. The second-order valence-electron chi connectivity index (χ2n) is 5.58. The minimum atomic E-state index is 0.0480. The number of hydrogen-bond donors (Lipinski definition) is 1. The second kappa shape index (κ2) is 5.73. The molecule has 21 heavy (non-hydrogen) atoms. The fourth-order valence-electron chi connectivity index (χ4n) is 2.82. The zero-order valence-electron chi connectivity index (χ0n) is 12.2. The van der Waals surface area contributed by atoms with E-state index < -0.39 is 0 Å². The molecule has 0 spiro atoms. The summed E-state index contributed by atoms with van der Waals surface area (Å²) in [5.74, 6) is 0.0480. The molecule has 0 amide bonds. The largest absolute Gasteiger partial charge is 0.312 e. The molecular weight excluding hydrogens is 330 g/mol. The van der Waals surface area contributed by atoms with Crippen LogP contribution in [0.4, 0.5) is 0 Å². The zero-order valence-corrected chi connectivity index (χ0v) is 13.8. The van der Waals surface area contributed by atoms with Crippen LogP contribution in [0.1, 0.15) is 47.1 Å². The summed E-state index contributed by atoms with van der Waals surface area (Å²) in [6.45, 7) is 5.81. The summed E-state index contributed by atoms with van der Waals surface area (Å²) in [6.07, 6.45) is 2.59. The summed E-state index contributed by atoms with van der Waals surface area (Å²) in [7, 11) is 0. The van der Waals surface area contributed by atoms with Gasteiger partial charge in [0, 0.05) is 18.2 Å². The maximum Gasteiger partial charge on any atom is 0.212 e. The van der Waals surface area contributed by atoms with Crippen LogP contribution in [0.3, 0.4) is 0 Å². The number of fused-ring (bicyclic) bond motifs is 1. The fraction of sp³-hybridized carbons (Fsp3) is 0.375. The highest BCUT2D eigenvalue weighted by Crippen LogP contribution is 2.26. The van der Waals surface area contributed by atoms with Crippen molar-refractivity contribution in [2.45, 2.75) is 32.9 Å². The average molecular weight is 348 g/mol. The molecule has 0 atom stereocenters. The fourth-order valence-corrected chi connectivity index (χ4v) is 3.27. The van der Waals surface area contributed by atoms with Crippen LogP contribution in [0.2, 0.25) is 0 Å². The molecule has 1 aromatic heterocycles. The van der Waals surface area contributed by atoms with E-state index in [1.165, 1.54) is 11.1 Å². The molecule has 2 aromatic rings. The molecule has 0 fully saturated rings. The Bertz CT molecular complexity index is 691. The van der Waals surface area contributed by atoms with Crippen molar-refractivity contribution in [3.05, 3.63) is 51.3 Å². The van der Waals surface area contributed by atoms with E-state index >= 15 is 0 Å². The number of carbonyl (C=O) groups is 1. The molecule has 1 N–H and O–H groups in total. The van der Waals surface area contributed by atoms with Crippen molar-refractivity contribution in [3.63, 3.8) is 0 Å². The molecule has 0 saturated carbocycles. The Morgan fingerprint density at radius 3 is 3.00 bits per heavy atom. The van der Waals surface area contributed by atoms with E-state index in [1.807, 2.05) is 26.0 Å². The smallest absolute Gasteiger partial charge is 0.212 e. The number of halogens is 1. The van der Waals surface area contributed by atoms with Crippen LogP contribution in [0.25, 0.3) is 0 Å². The Hall–Kier alpha value is -1.46. The lowest BCUT2D eigenvalue weighted by Gasteiger charge is -2.20. The van der Waals surface area contributed by atoms with Crippen molar-refractivity contribution >= 4 is 21.7 Å². The van der Waals surface area contributed by atoms with Gasteiger partial charge in [-0.1, -0.05) is 18.2 Å². The molecule has 1 aliphatic heterocycles. The van der Waals surface area contributed by atoms with E-state index in [-0.39, 0.29) is 11.8 Å². The van der Waals surface area contributed by atoms with Gasteiger partial charge in [-0.05, 0) is 53.9 Å². The van der Waals surface area contributed by atoms with Crippen LogP contribution in [-0.2, 0) is 13.0 Å². The van der Waals surface area contributed by atoms with Crippen LogP contribution in [0.5, 0.6) is 0 Å². The Balaban J connectivity index is 2.10. The predicted octanol–water partition coefficient (Wildman–Crippen LogP) is 3.10. The van der Waals surface area contributed by atoms with Crippen LogP contribution in [-0.4, -0.2) is 22.1 Å². The van der Waals surface area contributed by atoms with Gasteiger partial charge in [-0.25, -0.2) is 0 Å². The molecule has 0 saturated heterocycles. The molecular formula is C16H18BrN3O. The topological polar surface area (TPSA) is 46.9 Å². The number of nitrogens with one attached hydrogen (secondary N) is 1. The first-order chi connectivity index (χ1) is 10.1. The molecule has 0 radical (unpaired) electrons. The summed E-state index contributed by atoms with van der Waals surface area (Å²) < 4.78 is 2.54. The van der Waals surface area contributed by atoms with E-state index in [2.05, 4.69) is 32.4 Å². The molecule has 5 heteroatoms. The lowest BCUT2D eigenvalue weighted by Crippen LogP contribution is -2.26. The lowest BCUT2D eigenvalue weighted by molar-refractivity contribution is 0.102. The standard InChI is InChI=1S/C16H18BrN3O/c1-10(2)20-15(14(17)9-19-20)16(21)13-5-3-4-11-8-18-7-6-12(11)13/h3-5,9-10,18H,6-8H2,1-2H3. The quantitative estimate of drug-likeness (QED) is 0.867. The monoisotopic (exact) mass is 347 g/mol. The third-order valence-electron chi connectivity index (χ3n) is 3.84. The van der Waals surface area contributed by atoms with E-state index in [9.17, 15) is 4.79 Å². The van der Waals surface area contributed by atoms with E-state index in [0.717, 1.165) is 29.5 Å². The molecule has 1 aromatic carbocycles. The number of hydrogen-bond acceptors (Lipinski definition) is 3. The minimum Gasteiger partial charge on any atom is -0.312 e. The first kappa shape index (κ1) is 14.5. The van der Waals surface area contributed by atoms with Crippen LogP contribution < -0.4 is 5.32 Å². The Morgan fingerprint density at radius 1 is 1.43 bits per heavy atom. The lowest BCUT2D eigenvalue weighted by atomic mass is 9.92. The molecule has 2 heterocycles. The van der Waals surface area contributed by atoms with E-state index in [1.54, 1.807) is 10.9 Å². The molecule has 110 valence electrons. The van der Waals surface area contributed by atoms with Gasteiger partial charge in [0.25, 0.3) is 0 Å². The van der Waals surface area contributed by atoms with Crippen molar-refractivity contribution in [3.8, 4) is 0 Å². The highest BCUT2D eigenvalue weighted by atomic mass is 79.9. The van der Waals surface area contributed by atoms with Gasteiger partial charge in [0.15, 0.2) is 0 Å². The zero-order chi connectivity index (χ0) is 15.0. The highest BCUT2D eigenvalue weighted by Gasteiger charge is 2.24. The second-order valence-corrected chi connectivity index (χ2v) is 6.43. The van der Waals surface area contributed by atoms with Crippen LogP contribution >= 0.6 is 15.9 Å². The molecule has 0 bridgehead atoms. The van der Waals surface area contributed by atoms with Gasteiger partial charge >= 0.3 is 0 Å². The first-order valence-electron chi connectivity index (χ1n) is 7.18. The molecule has 4 nitrogen and oxygen atoms in total. The summed E-state index contributed by atoms with van der Waals surface area (Å²) in [6, 6.07) is 6.13. The molecule has 1 aliphatic rings. The average Bonchev–Trinajstić information content (AvgIpc) is 2.88. The number of benzene rings is 1. The van der Waals surface area contributed by atoms with E-state index in [0.29, 0.717) is 5.69 Å². The summed E-state index contributed by atoms with van der Waals surface area (Å²) in [4.78, 5) is 13.0. The van der Waals surface area contributed by atoms with Crippen molar-refractivity contribution < 1.29 is 4.79 Å². The third-order valence-corrected chi connectivity index (χ3v) is 4.42.